The summed E-state index contributed by atoms with van der Waals surface area (Å²) in [6, 6.07) is 38.5. The maximum Gasteiger partial charge on any atom is 0.139 e. The van der Waals surface area contributed by atoms with Gasteiger partial charge in [0, 0.05) is 33.2 Å². The minimum atomic E-state index is -0.0551. The van der Waals surface area contributed by atoms with Crippen molar-refractivity contribution in [2.75, 3.05) is 0 Å². The Hall–Kier alpha value is -4.69. The van der Waals surface area contributed by atoms with Crippen LogP contribution >= 0.6 is 0 Å². The first-order valence-corrected chi connectivity index (χ1v) is 14.1. The molecule has 2 atom stereocenters. The minimum Gasteiger partial charge on any atom is -0.456 e. The smallest absolute Gasteiger partial charge is 0.139 e. The number of hydrogen-bond donors (Lipinski definition) is 0. The summed E-state index contributed by atoms with van der Waals surface area (Å²) >= 11 is 0. The summed E-state index contributed by atoms with van der Waals surface area (Å²) in [7, 11) is 0. The third-order valence-corrected chi connectivity index (χ3v) is 8.94. The van der Waals surface area contributed by atoms with Gasteiger partial charge in [0.15, 0.2) is 0 Å². The summed E-state index contributed by atoms with van der Waals surface area (Å²) in [5.41, 5.74) is 11.3. The van der Waals surface area contributed by atoms with E-state index >= 15 is 0 Å². The Morgan fingerprint density at radius 1 is 0.675 bits per heavy atom. The second-order valence-corrected chi connectivity index (χ2v) is 11.6. The largest absolute Gasteiger partial charge is 0.456 e. The fourth-order valence-corrected chi connectivity index (χ4v) is 6.97. The Labute approximate surface area is 234 Å². The number of fused-ring (bicyclic) bond motifs is 7. The predicted molar refractivity (Wildman–Crippen MR) is 165 cm³/mol. The third kappa shape index (κ3) is 3.46. The molecule has 6 aromatic rings. The molecule has 0 N–H and O–H groups in total. The molecule has 40 heavy (non-hydrogen) atoms. The standard InChI is InChI=1S/C38H29NO/c1-38(2)32-20-17-26(21-31(32)29-18-19-30-28-15-9-10-16-35(28)40-37(30)36(29)38)34-23-27(24-11-5-3-6-12-24)22-33(39-34)25-13-7-4-8-14-25/h3-23,31-32H,1-2H3. The molecule has 192 valence electrons. The van der Waals surface area contributed by atoms with Crippen molar-refractivity contribution >= 4 is 27.5 Å². The van der Waals surface area contributed by atoms with Gasteiger partial charge in [0.1, 0.15) is 11.2 Å². The van der Waals surface area contributed by atoms with Crippen LogP contribution in [0.25, 0.3) is 49.9 Å². The van der Waals surface area contributed by atoms with Crippen molar-refractivity contribution in [3.8, 4) is 22.4 Å². The van der Waals surface area contributed by atoms with Crippen LogP contribution in [-0.2, 0) is 5.41 Å². The molecule has 0 aliphatic heterocycles. The van der Waals surface area contributed by atoms with E-state index in [1.807, 2.05) is 6.07 Å². The molecule has 0 amide bonds. The predicted octanol–water partition coefficient (Wildman–Crippen LogP) is 9.96. The van der Waals surface area contributed by atoms with Crippen LogP contribution in [0, 0.1) is 5.92 Å². The molecule has 2 heteroatoms. The summed E-state index contributed by atoms with van der Waals surface area (Å²) in [6.07, 6.45) is 7.14. The molecule has 2 aliphatic rings. The Bertz CT molecular complexity index is 1920. The molecule has 2 heterocycles. The van der Waals surface area contributed by atoms with Crippen LogP contribution in [0.15, 0.2) is 132 Å². The molecule has 0 bridgehead atoms. The van der Waals surface area contributed by atoms with Crippen molar-refractivity contribution in [2.24, 2.45) is 5.92 Å². The Morgan fingerprint density at radius 2 is 1.38 bits per heavy atom. The van der Waals surface area contributed by atoms with Gasteiger partial charge in [-0.05, 0) is 46.4 Å². The third-order valence-electron chi connectivity index (χ3n) is 8.94. The topological polar surface area (TPSA) is 26.0 Å². The monoisotopic (exact) mass is 515 g/mol. The van der Waals surface area contributed by atoms with E-state index in [1.54, 1.807) is 0 Å². The number of rotatable bonds is 3. The van der Waals surface area contributed by atoms with E-state index < -0.39 is 0 Å². The van der Waals surface area contributed by atoms with Crippen molar-refractivity contribution in [1.29, 1.82) is 0 Å². The van der Waals surface area contributed by atoms with E-state index in [4.69, 9.17) is 9.40 Å². The molecule has 4 aromatic carbocycles. The lowest BCUT2D eigenvalue weighted by Gasteiger charge is -2.30. The number of para-hydroxylation sites is 1. The lowest BCUT2D eigenvalue weighted by Crippen LogP contribution is -2.25. The van der Waals surface area contributed by atoms with Crippen molar-refractivity contribution in [2.45, 2.75) is 25.2 Å². The molecule has 0 saturated carbocycles. The highest BCUT2D eigenvalue weighted by atomic mass is 16.3. The second-order valence-electron chi connectivity index (χ2n) is 11.6. The lowest BCUT2D eigenvalue weighted by molar-refractivity contribution is 0.394. The zero-order valence-electron chi connectivity index (χ0n) is 22.6. The highest BCUT2D eigenvalue weighted by Crippen LogP contribution is 2.56. The van der Waals surface area contributed by atoms with Crippen molar-refractivity contribution in [3.05, 3.63) is 144 Å². The molecule has 2 aliphatic carbocycles. The average molecular weight is 516 g/mol. The molecule has 2 unspecified atom stereocenters. The number of furan rings is 1. The average Bonchev–Trinajstić information content (AvgIpc) is 3.50. The van der Waals surface area contributed by atoms with Crippen LogP contribution in [0.1, 0.15) is 36.6 Å². The van der Waals surface area contributed by atoms with Gasteiger partial charge in [-0.1, -0.05) is 123 Å². The van der Waals surface area contributed by atoms with E-state index in [9.17, 15) is 0 Å². The molecule has 0 fully saturated rings. The normalized spacial score (nSPS) is 19.0. The summed E-state index contributed by atoms with van der Waals surface area (Å²) < 4.78 is 6.52. The van der Waals surface area contributed by atoms with Crippen LogP contribution in [0.3, 0.4) is 0 Å². The Kier molecular flexibility index (Phi) is 5.03. The minimum absolute atomic E-state index is 0.0551. The maximum absolute atomic E-state index is 6.52. The fraction of sp³-hybridized carbons (Fsp3) is 0.132. The van der Waals surface area contributed by atoms with Crippen LogP contribution in [0.5, 0.6) is 0 Å². The molecule has 2 aromatic heterocycles. The van der Waals surface area contributed by atoms with E-state index in [-0.39, 0.29) is 11.3 Å². The summed E-state index contributed by atoms with van der Waals surface area (Å²) in [5.74, 6) is 0.626. The van der Waals surface area contributed by atoms with Gasteiger partial charge in [-0.15, -0.1) is 0 Å². The SMILES string of the molecule is CC1(C)c2c(ccc3c2oc2ccccc23)C2C=C(c3cc(-c4ccccc4)cc(-c4ccccc4)n3)C=CC21. The first kappa shape index (κ1) is 23.2. The molecule has 8 rings (SSSR count). The van der Waals surface area contributed by atoms with Crippen molar-refractivity contribution in [1.82, 2.24) is 4.98 Å². The first-order chi connectivity index (χ1) is 19.6. The Morgan fingerprint density at radius 3 is 2.17 bits per heavy atom. The lowest BCUT2D eigenvalue weighted by atomic mass is 9.73. The molecule has 2 nitrogen and oxygen atoms in total. The van der Waals surface area contributed by atoms with Gasteiger partial charge in [-0.2, -0.15) is 0 Å². The van der Waals surface area contributed by atoms with Gasteiger partial charge in [0.25, 0.3) is 0 Å². The highest BCUT2D eigenvalue weighted by molar-refractivity contribution is 6.06. The van der Waals surface area contributed by atoms with Crippen molar-refractivity contribution in [3.63, 3.8) is 0 Å². The molecule has 0 spiro atoms. The van der Waals surface area contributed by atoms with Gasteiger partial charge in [-0.25, -0.2) is 4.98 Å². The number of allylic oxidation sites excluding steroid dienone is 4. The van der Waals surface area contributed by atoms with Crippen LogP contribution in [0.4, 0.5) is 0 Å². The van der Waals surface area contributed by atoms with Crippen LogP contribution in [0.2, 0.25) is 0 Å². The van der Waals surface area contributed by atoms with E-state index in [1.165, 1.54) is 38.6 Å². The number of pyridine rings is 1. The highest BCUT2D eigenvalue weighted by Gasteiger charge is 2.47. The Balaban J connectivity index is 1.29. The summed E-state index contributed by atoms with van der Waals surface area (Å²) in [4.78, 5) is 5.20. The maximum atomic E-state index is 6.52. The number of aromatic nitrogens is 1. The second kappa shape index (κ2) is 8.66. The van der Waals surface area contributed by atoms with E-state index in [0.29, 0.717) is 5.92 Å². The molecule has 0 radical (unpaired) electrons. The van der Waals surface area contributed by atoms with Gasteiger partial charge in [-0.3, -0.25) is 0 Å². The summed E-state index contributed by atoms with van der Waals surface area (Å²) in [6.45, 7) is 4.74. The molecular formula is C38H29NO. The number of benzene rings is 4. The van der Waals surface area contributed by atoms with E-state index in [0.717, 1.165) is 28.1 Å². The van der Waals surface area contributed by atoms with Crippen LogP contribution < -0.4 is 0 Å². The molecular weight excluding hydrogens is 486 g/mol. The first-order valence-electron chi connectivity index (χ1n) is 14.1. The van der Waals surface area contributed by atoms with Gasteiger partial charge in [0.05, 0.1) is 11.4 Å². The van der Waals surface area contributed by atoms with Gasteiger partial charge >= 0.3 is 0 Å². The van der Waals surface area contributed by atoms with E-state index in [2.05, 4.69) is 135 Å². The fourth-order valence-electron chi connectivity index (χ4n) is 6.97. The van der Waals surface area contributed by atoms with Gasteiger partial charge < -0.3 is 4.42 Å². The van der Waals surface area contributed by atoms with Crippen molar-refractivity contribution < 1.29 is 4.42 Å². The number of nitrogens with zero attached hydrogens (tertiary/aromatic N) is 1. The van der Waals surface area contributed by atoms with Gasteiger partial charge in [0.2, 0.25) is 0 Å². The zero-order valence-corrected chi connectivity index (χ0v) is 22.6. The quantitative estimate of drug-likeness (QED) is 0.234. The summed E-state index contributed by atoms with van der Waals surface area (Å²) in [5, 5.41) is 2.40. The van der Waals surface area contributed by atoms with Crippen LogP contribution in [-0.4, -0.2) is 4.98 Å². The number of hydrogen-bond acceptors (Lipinski definition) is 2. The zero-order chi connectivity index (χ0) is 26.8. The molecule has 0 saturated heterocycles.